The Morgan fingerprint density at radius 3 is 0.846 bits per heavy atom. The first-order valence-corrected chi connectivity index (χ1v) is 30.1. The van der Waals surface area contributed by atoms with E-state index in [-0.39, 0.29) is 13.4 Å². The third-order valence-corrected chi connectivity index (χ3v) is 19.6. The fraction of sp³-hybridized carbons (Fsp3) is 0.316. The van der Waals surface area contributed by atoms with Crippen LogP contribution in [0.3, 0.4) is 0 Å². The van der Waals surface area contributed by atoms with E-state index in [0.29, 0.717) is 47.3 Å². The maximum Gasteiger partial charge on any atom is 0.244 e. The monoisotopic (exact) mass is 1010 g/mol. The summed E-state index contributed by atoms with van der Waals surface area (Å²) in [7, 11) is 0. The van der Waals surface area contributed by atoms with Crippen molar-refractivity contribution in [1.29, 1.82) is 0 Å². The molecule has 2 heteroatoms. The molecule has 0 aliphatic carbocycles. The topological polar surface area (TPSA) is 0 Å². The van der Waals surface area contributed by atoms with E-state index in [1.807, 2.05) is 0 Å². The van der Waals surface area contributed by atoms with Gasteiger partial charge in [-0.1, -0.05) is 253 Å². The molecule has 0 amide bonds. The van der Waals surface area contributed by atoms with Gasteiger partial charge in [-0.25, -0.2) is 0 Å². The molecule has 0 nitrogen and oxygen atoms in total. The molecule has 78 heavy (non-hydrogen) atoms. The van der Waals surface area contributed by atoms with Crippen LogP contribution in [0.1, 0.15) is 203 Å². The summed E-state index contributed by atoms with van der Waals surface area (Å²) >= 11 is 0. The number of rotatable bonds is 10. The summed E-state index contributed by atoms with van der Waals surface area (Å²) in [4.78, 5) is 0. The molecule has 0 saturated carbocycles. The highest BCUT2D eigenvalue weighted by Crippen LogP contribution is 2.54. The Balaban J connectivity index is 1.29. The van der Waals surface area contributed by atoms with Gasteiger partial charge < -0.3 is 0 Å². The summed E-state index contributed by atoms with van der Waals surface area (Å²) in [6.45, 7) is 38.8. The van der Waals surface area contributed by atoms with Gasteiger partial charge in [0.15, 0.2) is 0 Å². The lowest BCUT2D eigenvalue weighted by Crippen LogP contribution is -2.53. The van der Waals surface area contributed by atoms with Crippen molar-refractivity contribution < 1.29 is 0 Å². The number of hydrogen-bond acceptors (Lipinski definition) is 0. The van der Waals surface area contributed by atoms with E-state index in [2.05, 4.69) is 232 Å². The third-order valence-electron chi connectivity index (χ3n) is 19.6. The van der Waals surface area contributed by atoms with Crippen LogP contribution in [0.4, 0.5) is 0 Å². The van der Waals surface area contributed by atoms with Gasteiger partial charge >= 0.3 is 0 Å². The summed E-state index contributed by atoms with van der Waals surface area (Å²) in [6.07, 6.45) is 0. The maximum atomic E-state index is 2.77. The Morgan fingerprint density at radius 2 is 0.538 bits per heavy atom. The minimum Gasteiger partial charge on any atom is -0.0664 e. The Morgan fingerprint density at radius 1 is 0.244 bits per heavy atom. The first kappa shape index (κ1) is 49.6. The highest BCUT2D eigenvalue weighted by molar-refractivity contribution is 7.03. The Hall–Kier alpha value is -6.63. The standard InChI is InChI=1S/C76H76B2/c1-37(2)45-25-51(41(9)10)69(52(26-45)42(11)12)55-33-57-63-31-47(39(5)6)29-61-49-21-18-20-24-66(49)78(75(61)63)68-36-60-56(70-53(43(13)14)27-46(38(3)4)28-54(70)44(15)16)34-58-64-32-48(40(7)8)30-62-50-22-17-19-23-65(50)77(76(62)64)67-35-59(55)73(71(57)68)74(60)72(58)67/h17-44H,1-16H3. The van der Waals surface area contributed by atoms with Crippen molar-refractivity contribution in [2.75, 3.05) is 0 Å². The first-order valence-electron chi connectivity index (χ1n) is 30.1. The van der Waals surface area contributed by atoms with Crippen molar-refractivity contribution in [3.63, 3.8) is 0 Å². The molecular weight excluding hydrogens is 934 g/mol. The van der Waals surface area contributed by atoms with Gasteiger partial charge in [-0.15, -0.1) is 0 Å². The molecular formula is C76H76B2. The number of benzene rings is 10. The summed E-state index contributed by atoms with van der Waals surface area (Å²) in [5.74, 6) is 2.93. The summed E-state index contributed by atoms with van der Waals surface area (Å²) in [5.41, 5.74) is 37.5. The maximum absolute atomic E-state index is 2.77. The van der Waals surface area contributed by atoms with Gasteiger partial charge in [-0.05, 0) is 203 Å². The molecule has 4 aliphatic rings. The van der Waals surface area contributed by atoms with E-state index in [1.54, 1.807) is 0 Å². The first-order chi connectivity index (χ1) is 37.3. The molecule has 14 rings (SSSR count). The average molecular weight is 1010 g/mol. The van der Waals surface area contributed by atoms with Gasteiger partial charge in [0.2, 0.25) is 13.4 Å². The van der Waals surface area contributed by atoms with Gasteiger partial charge in [-0.2, -0.15) is 0 Å². The second kappa shape index (κ2) is 17.4. The zero-order chi connectivity index (χ0) is 54.4. The van der Waals surface area contributed by atoms with Crippen molar-refractivity contribution >= 4 is 78.5 Å². The van der Waals surface area contributed by atoms with Gasteiger partial charge in [0.1, 0.15) is 0 Å². The lowest BCUT2D eigenvalue weighted by molar-refractivity contribution is 0.807. The van der Waals surface area contributed by atoms with Crippen LogP contribution in [0, 0.1) is 0 Å². The van der Waals surface area contributed by atoms with E-state index in [4.69, 9.17) is 0 Å². The highest BCUT2D eigenvalue weighted by atomic mass is 14.4. The molecule has 0 saturated heterocycles. The molecule has 10 aromatic carbocycles. The van der Waals surface area contributed by atoms with E-state index in [0.717, 1.165) is 0 Å². The molecule has 386 valence electrons. The Bertz CT molecular complexity index is 3890. The van der Waals surface area contributed by atoms with Gasteiger partial charge in [-0.3, -0.25) is 0 Å². The van der Waals surface area contributed by atoms with Crippen LogP contribution in [0.15, 0.2) is 121 Å². The van der Waals surface area contributed by atoms with Crippen molar-refractivity contribution in [3.05, 3.63) is 166 Å². The second-order valence-corrected chi connectivity index (χ2v) is 27.0. The summed E-state index contributed by atoms with van der Waals surface area (Å²) < 4.78 is 0. The summed E-state index contributed by atoms with van der Waals surface area (Å²) in [6, 6.07) is 50.7. The van der Waals surface area contributed by atoms with Crippen molar-refractivity contribution in [2.45, 2.75) is 158 Å². The molecule has 0 aromatic heterocycles. The zero-order valence-electron chi connectivity index (χ0n) is 49.3. The van der Waals surface area contributed by atoms with Crippen molar-refractivity contribution in [1.82, 2.24) is 0 Å². The van der Waals surface area contributed by atoms with Crippen LogP contribution in [0.5, 0.6) is 0 Å². The fourth-order valence-corrected chi connectivity index (χ4v) is 15.6. The number of hydrogen-bond donors (Lipinski definition) is 0. The smallest absolute Gasteiger partial charge is 0.0664 e. The minimum atomic E-state index is 0.121. The fourth-order valence-electron chi connectivity index (χ4n) is 15.6. The normalized spacial score (nSPS) is 13.7. The van der Waals surface area contributed by atoms with E-state index >= 15 is 0 Å². The summed E-state index contributed by atoms with van der Waals surface area (Å²) in [5, 5.41) is 8.69. The molecule has 0 fully saturated rings. The minimum absolute atomic E-state index is 0.121. The van der Waals surface area contributed by atoms with Crippen LogP contribution in [-0.4, -0.2) is 13.4 Å². The zero-order valence-corrected chi connectivity index (χ0v) is 49.3. The van der Waals surface area contributed by atoms with Crippen LogP contribution < -0.4 is 32.8 Å². The largest absolute Gasteiger partial charge is 0.244 e. The molecule has 0 radical (unpaired) electrons. The third kappa shape index (κ3) is 6.74. The highest BCUT2D eigenvalue weighted by Gasteiger charge is 2.45. The molecule has 10 aromatic rings. The quantitative estimate of drug-likeness (QED) is 0.0946. The second-order valence-electron chi connectivity index (χ2n) is 27.0. The van der Waals surface area contributed by atoms with Crippen molar-refractivity contribution in [2.24, 2.45) is 0 Å². The lowest BCUT2D eigenvalue weighted by Gasteiger charge is -2.34. The van der Waals surface area contributed by atoms with Crippen molar-refractivity contribution in [3.8, 4) is 66.8 Å². The van der Waals surface area contributed by atoms with E-state index < -0.39 is 0 Å². The Labute approximate surface area is 466 Å². The van der Waals surface area contributed by atoms with Gasteiger partial charge in [0.25, 0.3) is 0 Å². The van der Waals surface area contributed by atoms with Gasteiger partial charge in [0, 0.05) is 0 Å². The predicted molar refractivity (Wildman–Crippen MR) is 345 cm³/mol. The van der Waals surface area contributed by atoms with Gasteiger partial charge in [0.05, 0.1) is 0 Å². The molecule has 0 atom stereocenters. The molecule has 0 bridgehead atoms. The molecule has 4 aliphatic heterocycles. The number of fused-ring (bicyclic) bond motifs is 10. The molecule has 0 unspecified atom stereocenters. The molecule has 0 N–H and O–H groups in total. The lowest BCUT2D eigenvalue weighted by atomic mass is 9.34. The van der Waals surface area contributed by atoms with Crippen LogP contribution >= 0.6 is 0 Å². The average Bonchev–Trinajstić information content (AvgIpc) is 2.44. The molecule has 4 heterocycles. The van der Waals surface area contributed by atoms with Crippen LogP contribution in [0.2, 0.25) is 0 Å². The van der Waals surface area contributed by atoms with Crippen LogP contribution in [0.25, 0.3) is 99.1 Å². The Kier molecular flexibility index (Phi) is 11.1. The van der Waals surface area contributed by atoms with E-state index in [9.17, 15) is 0 Å². The van der Waals surface area contributed by atoms with Crippen LogP contribution in [-0.2, 0) is 0 Å². The SMILES string of the molecule is CC(C)c1cc2c3c(c1)-c1cc(-c4c(C(C)C)cc(C(C)C)cc4C(C)C)c4cc5c6c(cc(-c7c(C(C)C)cc(C(C)C)cc7C(C)C)c7cc(c1c4c76)B3c1ccccc1-2)-c1cc(C(C)C)cc2c1B5c1ccccc1-2. The van der Waals surface area contributed by atoms with E-state index in [1.165, 1.54) is 176 Å². The predicted octanol–water partition coefficient (Wildman–Crippen LogP) is 17.9. The molecule has 0 spiro atoms.